The standard InChI is InChI=1S/C23H23N5OS/c1-29-21-11-19-20(10-16(21)12-24)28(14-25-19)13-15-7-8-18-22(9-15)30-23(27-18)26-17-5-3-2-4-6-17/h7-11,14,17H,2-6,13H2,1H3,(H,26,27). The number of thiazole rings is 1. The molecule has 4 aromatic rings. The third-order valence-corrected chi connectivity index (χ3v) is 6.75. The van der Waals surface area contributed by atoms with Crippen LogP contribution in [0.5, 0.6) is 5.75 Å². The average molecular weight is 418 g/mol. The molecule has 6 nitrogen and oxygen atoms in total. The van der Waals surface area contributed by atoms with Crippen LogP contribution in [0.25, 0.3) is 21.3 Å². The van der Waals surface area contributed by atoms with Gasteiger partial charge in [0.2, 0.25) is 0 Å². The smallest absolute Gasteiger partial charge is 0.184 e. The van der Waals surface area contributed by atoms with Crippen LogP contribution in [-0.4, -0.2) is 27.7 Å². The fourth-order valence-electron chi connectivity index (χ4n) is 4.21. The first-order valence-electron chi connectivity index (χ1n) is 10.3. The second kappa shape index (κ2) is 7.96. The Morgan fingerprint density at radius 3 is 2.87 bits per heavy atom. The Morgan fingerprint density at radius 2 is 2.07 bits per heavy atom. The van der Waals surface area contributed by atoms with E-state index in [-0.39, 0.29) is 0 Å². The first-order chi connectivity index (χ1) is 14.7. The van der Waals surface area contributed by atoms with Crippen molar-refractivity contribution in [2.24, 2.45) is 0 Å². The number of hydrogen-bond acceptors (Lipinski definition) is 6. The van der Waals surface area contributed by atoms with Gasteiger partial charge in [-0.15, -0.1) is 0 Å². The number of ether oxygens (including phenoxy) is 1. The first kappa shape index (κ1) is 18.9. The Hall–Kier alpha value is -3.11. The van der Waals surface area contributed by atoms with Gasteiger partial charge >= 0.3 is 0 Å². The number of fused-ring (bicyclic) bond motifs is 2. The normalized spacial score (nSPS) is 14.8. The minimum atomic E-state index is 0.517. The summed E-state index contributed by atoms with van der Waals surface area (Å²) in [5.41, 5.74) is 4.49. The summed E-state index contributed by atoms with van der Waals surface area (Å²) in [7, 11) is 1.57. The first-order valence-corrected chi connectivity index (χ1v) is 11.1. The van der Waals surface area contributed by atoms with Gasteiger partial charge in [-0.05, 0) is 36.6 Å². The zero-order valence-electron chi connectivity index (χ0n) is 16.9. The van der Waals surface area contributed by atoms with E-state index < -0.39 is 0 Å². The van der Waals surface area contributed by atoms with Gasteiger partial charge in [0, 0.05) is 18.7 Å². The largest absolute Gasteiger partial charge is 0.495 e. The summed E-state index contributed by atoms with van der Waals surface area (Å²) in [6, 6.07) is 12.8. The fourth-order valence-corrected chi connectivity index (χ4v) is 5.22. The third-order valence-electron chi connectivity index (χ3n) is 5.80. The molecule has 0 radical (unpaired) electrons. The summed E-state index contributed by atoms with van der Waals surface area (Å²) >= 11 is 1.73. The lowest BCUT2D eigenvalue weighted by Crippen LogP contribution is -2.21. The van der Waals surface area contributed by atoms with Crippen molar-refractivity contribution in [2.75, 3.05) is 12.4 Å². The second-order valence-electron chi connectivity index (χ2n) is 7.83. The van der Waals surface area contributed by atoms with Crippen LogP contribution in [-0.2, 0) is 6.54 Å². The maximum Gasteiger partial charge on any atom is 0.184 e. The number of benzene rings is 2. The van der Waals surface area contributed by atoms with Crippen molar-refractivity contribution in [1.82, 2.24) is 14.5 Å². The molecule has 7 heteroatoms. The number of rotatable bonds is 5. The van der Waals surface area contributed by atoms with E-state index >= 15 is 0 Å². The van der Waals surface area contributed by atoms with Crippen molar-refractivity contribution >= 4 is 37.7 Å². The summed E-state index contributed by atoms with van der Waals surface area (Å²) in [4.78, 5) is 9.26. The Labute approximate surface area is 179 Å². The lowest BCUT2D eigenvalue weighted by Gasteiger charge is -2.22. The molecular weight excluding hydrogens is 394 g/mol. The van der Waals surface area contributed by atoms with Gasteiger partial charge in [0.05, 0.1) is 40.3 Å². The van der Waals surface area contributed by atoms with Crippen molar-refractivity contribution in [1.29, 1.82) is 5.26 Å². The molecule has 1 aliphatic rings. The summed E-state index contributed by atoms with van der Waals surface area (Å²) in [6.45, 7) is 0.687. The number of nitrogens with one attached hydrogen (secondary N) is 1. The summed E-state index contributed by atoms with van der Waals surface area (Å²) in [5, 5.41) is 14.0. The van der Waals surface area contributed by atoms with Gasteiger partial charge in [0.15, 0.2) is 5.13 Å². The van der Waals surface area contributed by atoms with E-state index in [4.69, 9.17) is 9.72 Å². The van der Waals surface area contributed by atoms with Crippen molar-refractivity contribution in [2.45, 2.75) is 44.7 Å². The van der Waals surface area contributed by atoms with Crippen LogP contribution in [0.3, 0.4) is 0 Å². The Bertz CT molecular complexity index is 1250. The maximum atomic E-state index is 9.39. The van der Waals surface area contributed by atoms with Crippen molar-refractivity contribution in [3.05, 3.63) is 47.8 Å². The molecule has 2 aromatic carbocycles. The molecule has 0 unspecified atom stereocenters. The van der Waals surface area contributed by atoms with Gasteiger partial charge in [0.25, 0.3) is 0 Å². The van der Waals surface area contributed by atoms with E-state index in [1.165, 1.54) is 42.4 Å². The Balaban J connectivity index is 1.40. The summed E-state index contributed by atoms with van der Waals surface area (Å²) in [6.07, 6.45) is 8.27. The third kappa shape index (κ3) is 3.59. The van der Waals surface area contributed by atoms with E-state index in [0.717, 1.165) is 21.7 Å². The zero-order valence-corrected chi connectivity index (χ0v) is 17.7. The molecule has 0 atom stereocenters. The molecule has 5 rings (SSSR count). The van der Waals surface area contributed by atoms with E-state index in [2.05, 4.69) is 39.1 Å². The molecule has 0 bridgehead atoms. The lowest BCUT2D eigenvalue weighted by molar-refractivity contribution is 0.414. The van der Waals surface area contributed by atoms with Gasteiger partial charge in [-0.1, -0.05) is 36.7 Å². The fraction of sp³-hybridized carbons (Fsp3) is 0.348. The molecule has 0 aliphatic heterocycles. The number of aromatic nitrogens is 3. The quantitative estimate of drug-likeness (QED) is 0.476. The molecule has 30 heavy (non-hydrogen) atoms. The molecule has 1 aliphatic carbocycles. The average Bonchev–Trinajstić information content (AvgIpc) is 3.36. The van der Waals surface area contributed by atoms with Gasteiger partial charge in [0.1, 0.15) is 11.8 Å². The van der Waals surface area contributed by atoms with E-state index in [0.29, 0.717) is 23.9 Å². The predicted molar refractivity (Wildman–Crippen MR) is 120 cm³/mol. The SMILES string of the molecule is COc1cc2ncn(Cc3ccc4nc(NC5CCCCC5)sc4c3)c2cc1C#N. The highest BCUT2D eigenvalue weighted by molar-refractivity contribution is 7.22. The second-order valence-corrected chi connectivity index (χ2v) is 8.86. The molecule has 1 N–H and O–H groups in total. The zero-order chi connectivity index (χ0) is 20.5. The van der Waals surface area contributed by atoms with E-state index in [1.54, 1.807) is 18.4 Å². The Kier molecular flexibility index (Phi) is 5.01. The van der Waals surface area contributed by atoms with Crippen LogP contribution in [0.4, 0.5) is 5.13 Å². The lowest BCUT2D eigenvalue weighted by atomic mass is 9.96. The predicted octanol–water partition coefficient (Wildman–Crippen LogP) is 5.32. The van der Waals surface area contributed by atoms with Crippen molar-refractivity contribution < 1.29 is 4.74 Å². The minimum Gasteiger partial charge on any atom is -0.495 e. The van der Waals surface area contributed by atoms with Crippen LogP contribution in [0.1, 0.15) is 43.2 Å². The highest BCUT2D eigenvalue weighted by Gasteiger charge is 2.15. The van der Waals surface area contributed by atoms with E-state index in [9.17, 15) is 5.26 Å². The summed E-state index contributed by atoms with van der Waals surface area (Å²) in [5.74, 6) is 0.555. The van der Waals surface area contributed by atoms with Crippen molar-refractivity contribution in [3.63, 3.8) is 0 Å². The van der Waals surface area contributed by atoms with Crippen LogP contribution < -0.4 is 10.1 Å². The van der Waals surface area contributed by atoms with Crippen LogP contribution in [0.2, 0.25) is 0 Å². The molecule has 152 valence electrons. The molecule has 0 saturated heterocycles. The van der Waals surface area contributed by atoms with E-state index in [1.807, 2.05) is 18.5 Å². The molecule has 1 fully saturated rings. The van der Waals surface area contributed by atoms with Crippen LogP contribution >= 0.6 is 11.3 Å². The summed E-state index contributed by atoms with van der Waals surface area (Å²) < 4.78 is 8.55. The number of imidazole rings is 1. The monoisotopic (exact) mass is 417 g/mol. The number of nitrogens with zero attached hydrogens (tertiary/aromatic N) is 4. The van der Waals surface area contributed by atoms with Crippen LogP contribution in [0, 0.1) is 11.3 Å². The number of methoxy groups -OCH3 is 1. The molecule has 0 amide bonds. The number of hydrogen-bond donors (Lipinski definition) is 1. The minimum absolute atomic E-state index is 0.517. The molecule has 1 saturated carbocycles. The number of nitriles is 1. The molecular formula is C23H23N5OS. The highest BCUT2D eigenvalue weighted by Crippen LogP contribution is 2.30. The molecule has 2 aromatic heterocycles. The van der Waals surface area contributed by atoms with Gasteiger partial charge in [-0.3, -0.25) is 0 Å². The van der Waals surface area contributed by atoms with Crippen LogP contribution in [0.15, 0.2) is 36.7 Å². The molecule has 2 heterocycles. The molecule has 0 spiro atoms. The number of anilines is 1. The highest BCUT2D eigenvalue weighted by atomic mass is 32.1. The van der Waals surface area contributed by atoms with Gasteiger partial charge in [-0.2, -0.15) is 5.26 Å². The maximum absolute atomic E-state index is 9.39. The van der Waals surface area contributed by atoms with Gasteiger partial charge in [-0.25, -0.2) is 9.97 Å². The Morgan fingerprint density at radius 1 is 1.20 bits per heavy atom. The van der Waals surface area contributed by atoms with Gasteiger partial charge < -0.3 is 14.6 Å². The topological polar surface area (TPSA) is 75.8 Å². The van der Waals surface area contributed by atoms with Crippen molar-refractivity contribution in [3.8, 4) is 11.8 Å².